The molecule has 150 valence electrons. The van der Waals surface area contributed by atoms with Crippen LogP contribution in [0.2, 0.25) is 5.28 Å². The lowest BCUT2D eigenvalue weighted by atomic mass is 10.3. The highest BCUT2D eigenvalue weighted by Crippen LogP contribution is 2.33. The lowest BCUT2D eigenvalue weighted by Crippen LogP contribution is -2.36. The summed E-state index contributed by atoms with van der Waals surface area (Å²) in [6, 6.07) is 2.01. The zero-order chi connectivity index (χ0) is 19.4. The minimum atomic E-state index is -3.14. The quantitative estimate of drug-likeness (QED) is 0.499. The van der Waals surface area contributed by atoms with Gasteiger partial charge < -0.3 is 15.0 Å². The summed E-state index contributed by atoms with van der Waals surface area (Å²) in [7, 11) is -0.0319. The molecule has 8 nitrogen and oxygen atoms in total. The fourth-order valence-corrected chi connectivity index (χ4v) is 4.91. The van der Waals surface area contributed by atoms with Crippen LogP contribution in [0.5, 0.6) is 0 Å². The molecule has 0 amide bonds. The lowest BCUT2D eigenvalue weighted by Gasteiger charge is -2.28. The van der Waals surface area contributed by atoms with E-state index in [9.17, 15) is 8.42 Å². The number of rotatable bonds is 8. The number of sulfonamides is 1. The molecule has 27 heavy (non-hydrogen) atoms. The van der Waals surface area contributed by atoms with Crippen molar-refractivity contribution in [2.24, 2.45) is 0 Å². The first kappa shape index (κ1) is 20.7. The fourth-order valence-electron chi connectivity index (χ4n) is 2.79. The summed E-state index contributed by atoms with van der Waals surface area (Å²) in [6.45, 7) is 4.22. The SMILES string of the molecule is CN(C)S(=O)(=O)CCCNCc1cc2nc(Cl)nc(N3CCOCC3)c2s1. The molecule has 0 radical (unpaired) electrons. The van der Waals surface area contributed by atoms with Crippen molar-refractivity contribution in [2.45, 2.75) is 13.0 Å². The molecule has 0 atom stereocenters. The third kappa shape index (κ3) is 5.27. The number of nitrogens with one attached hydrogen (secondary N) is 1. The second-order valence-electron chi connectivity index (χ2n) is 6.47. The Morgan fingerprint density at radius 3 is 2.78 bits per heavy atom. The van der Waals surface area contributed by atoms with Gasteiger partial charge in [-0.1, -0.05) is 0 Å². The van der Waals surface area contributed by atoms with Gasteiger partial charge in [0.1, 0.15) is 0 Å². The number of nitrogens with zero attached hydrogens (tertiary/aromatic N) is 4. The molecule has 1 N–H and O–H groups in total. The minimum Gasteiger partial charge on any atom is -0.378 e. The van der Waals surface area contributed by atoms with E-state index in [0.29, 0.717) is 32.7 Å². The van der Waals surface area contributed by atoms with Gasteiger partial charge in [0, 0.05) is 38.6 Å². The van der Waals surface area contributed by atoms with E-state index < -0.39 is 10.0 Å². The van der Waals surface area contributed by atoms with Gasteiger partial charge in [0.05, 0.1) is 29.2 Å². The van der Waals surface area contributed by atoms with Crippen molar-refractivity contribution in [3.63, 3.8) is 0 Å². The molecule has 0 aliphatic carbocycles. The summed E-state index contributed by atoms with van der Waals surface area (Å²) in [5, 5.41) is 3.55. The molecule has 0 saturated carbocycles. The van der Waals surface area contributed by atoms with Gasteiger partial charge in [-0.2, -0.15) is 4.98 Å². The minimum absolute atomic E-state index is 0.141. The number of hydrogen-bond acceptors (Lipinski definition) is 8. The van der Waals surface area contributed by atoms with E-state index in [2.05, 4.69) is 20.2 Å². The molecule has 11 heteroatoms. The smallest absolute Gasteiger partial charge is 0.224 e. The Morgan fingerprint density at radius 1 is 1.33 bits per heavy atom. The average Bonchev–Trinajstić information content (AvgIpc) is 3.03. The number of fused-ring (bicyclic) bond motifs is 1. The summed E-state index contributed by atoms with van der Waals surface area (Å²) in [6.07, 6.45) is 0.566. The molecule has 3 rings (SSSR count). The Kier molecular flexibility index (Phi) is 6.88. The number of aromatic nitrogens is 2. The highest BCUT2D eigenvalue weighted by Gasteiger charge is 2.19. The van der Waals surface area contributed by atoms with Gasteiger partial charge in [-0.15, -0.1) is 11.3 Å². The molecular weight excluding hydrogens is 410 g/mol. The monoisotopic (exact) mass is 433 g/mol. The van der Waals surface area contributed by atoms with Crippen molar-refractivity contribution in [1.29, 1.82) is 0 Å². The molecule has 1 aliphatic heterocycles. The van der Waals surface area contributed by atoms with E-state index >= 15 is 0 Å². The van der Waals surface area contributed by atoms with Gasteiger partial charge in [-0.3, -0.25) is 0 Å². The van der Waals surface area contributed by atoms with E-state index in [4.69, 9.17) is 16.3 Å². The van der Waals surface area contributed by atoms with E-state index in [1.807, 2.05) is 6.07 Å². The second-order valence-corrected chi connectivity index (χ2v) is 10.2. The van der Waals surface area contributed by atoms with Crippen LogP contribution in [0.3, 0.4) is 0 Å². The van der Waals surface area contributed by atoms with Gasteiger partial charge in [-0.05, 0) is 30.6 Å². The van der Waals surface area contributed by atoms with Crippen molar-refractivity contribution in [3.8, 4) is 0 Å². The van der Waals surface area contributed by atoms with Crippen LogP contribution in [0.15, 0.2) is 6.07 Å². The predicted molar refractivity (Wildman–Crippen MR) is 109 cm³/mol. The Labute approximate surface area is 168 Å². The Hall–Kier alpha value is -1.04. The highest BCUT2D eigenvalue weighted by atomic mass is 35.5. The van der Waals surface area contributed by atoms with Crippen LogP contribution >= 0.6 is 22.9 Å². The number of hydrogen-bond donors (Lipinski definition) is 1. The molecule has 0 unspecified atom stereocenters. The standard InChI is InChI=1S/C16H24ClN5O3S2/c1-21(2)27(23,24)9-3-4-18-11-12-10-13-14(26-12)15(20-16(17)19-13)22-5-7-25-8-6-22/h10,18H,3-9,11H2,1-2H3. The first-order valence-electron chi connectivity index (χ1n) is 8.76. The average molecular weight is 434 g/mol. The summed E-state index contributed by atoms with van der Waals surface area (Å²) >= 11 is 7.75. The number of thiophene rings is 1. The van der Waals surface area contributed by atoms with Crippen molar-refractivity contribution < 1.29 is 13.2 Å². The third-order valence-electron chi connectivity index (χ3n) is 4.30. The van der Waals surface area contributed by atoms with Crippen molar-refractivity contribution in [1.82, 2.24) is 19.6 Å². The van der Waals surface area contributed by atoms with Crippen LogP contribution in [0.4, 0.5) is 5.82 Å². The van der Waals surface area contributed by atoms with Crippen molar-refractivity contribution in [2.75, 3.05) is 57.6 Å². The maximum Gasteiger partial charge on any atom is 0.224 e. The second kappa shape index (κ2) is 8.97. The topological polar surface area (TPSA) is 87.7 Å². The predicted octanol–water partition coefficient (Wildman–Crippen LogP) is 1.55. The number of ether oxygens (including phenoxy) is 1. The maximum atomic E-state index is 11.8. The van der Waals surface area contributed by atoms with Gasteiger partial charge in [0.25, 0.3) is 0 Å². The fraction of sp³-hybridized carbons (Fsp3) is 0.625. The van der Waals surface area contributed by atoms with Gasteiger partial charge in [-0.25, -0.2) is 17.7 Å². The third-order valence-corrected chi connectivity index (χ3v) is 7.51. The van der Waals surface area contributed by atoms with Gasteiger partial charge in [0.15, 0.2) is 5.82 Å². The molecule has 3 heterocycles. The summed E-state index contributed by atoms with van der Waals surface area (Å²) in [4.78, 5) is 12.1. The van der Waals surface area contributed by atoms with Crippen LogP contribution in [0.25, 0.3) is 10.2 Å². The van der Waals surface area contributed by atoms with Crippen LogP contribution in [0, 0.1) is 0 Å². The maximum absolute atomic E-state index is 11.8. The molecule has 0 bridgehead atoms. The first-order chi connectivity index (χ1) is 12.9. The van der Waals surface area contributed by atoms with Gasteiger partial charge in [0.2, 0.25) is 15.3 Å². The van der Waals surface area contributed by atoms with E-state index in [1.54, 1.807) is 25.4 Å². The normalized spacial score (nSPS) is 15.8. The molecule has 2 aromatic heterocycles. The Balaban J connectivity index is 1.63. The molecule has 2 aromatic rings. The number of anilines is 1. The first-order valence-corrected chi connectivity index (χ1v) is 11.6. The van der Waals surface area contributed by atoms with Crippen LogP contribution in [0.1, 0.15) is 11.3 Å². The lowest BCUT2D eigenvalue weighted by molar-refractivity contribution is 0.122. The summed E-state index contributed by atoms with van der Waals surface area (Å²) < 4.78 is 31.2. The van der Waals surface area contributed by atoms with Crippen molar-refractivity contribution in [3.05, 3.63) is 16.2 Å². The Bertz CT molecular complexity index is 882. The molecular formula is C16H24ClN5O3S2. The number of morpholine rings is 1. The Morgan fingerprint density at radius 2 is 2.07 bits per heavy atom. The van der Waals surface area contributed by atoms with Crippen LogP contribution < -0.4 is 10.2 Å². The zero-order valence-corrected chi connectivity index (χ0v) is 17.8. The summed E-state index contributed by atoms with van der Waals surface area (Å²) in [5.41, 5.74) is 0.841. The largest absolute Gasteiger partial charge is 0.378 e. The van der Waals surface area contributed by atoms with E-state index in [1.165, 1.54) is 4.31 Å². The molecule has 0 aromatic carbocycles. The molecule has 1 aliphatic rings. The zero-order valence-electron chi connectivity index (χ0n) is 15.4. The van der Waals surface area contributed by atoms with E-state index in [0.717, 1.165) is 34.0 Å². The highest BCUT2D eigenvalue weighted by molar-refractivity contribution is 7.89. The molecule has 1 saturated heterocycles. The van der Waals surface area contributed by atoms with Crippen molar-refractivity contribution >= 4 is 49.0 Å². The molecule has 1 fully saturated rings. The molecule has 0 spiro atoms. The van der Waals surface area contributed by atoms with Crippen LogP contribution in [-0.4, -0.2) is 75.4 Å². The van der Waals surface area contributed by atoms with Crippen LogP contribution in [-0.2, 0) is 21.3 Å². The number of halogens is 1. The summed E-state index contributed by atoms with van der Waals surface area (Å²) in [5.74, 6) is 1.00. The van der Waals surface area contributed by atoms with Gasteiger partial charge >= 0.3 is 0 Å². The van der Waals surface area contributed by atoms with E-state index in [-0.39, 0.29) is 11.0 Å².